The molecule has 0 aliphatic carbocycles. The predicted molar refractivity (Wildman–Crippen MR) is 120 cm³/mol. The van der Waals surface area contributed by atoms with Gasteiger partial charge in [0.2, 0.25) is 0 Å². The Hall–Kier alpha value is -3.17. The van der Waals surface area contributed by atoms with Crippen LogP contribution in [0.1, 0.15) is 5.76 Å². The molecule has 2 aromatic carbocycles. The number of thioether (sulfide) groups is 1. The maximum atomic E-state index is 12.2. The van der Waals surface area contributed by atoms with Crippen LogP contribution < -0.4 is 5.43 Å². The van der Waals surface area contributed by atoms with E-state index in [0.717, 1.165) is 15.7 Å². The zero-order chi connectivity index (χ0) is 20.8. The highest BCUT2D eigenvalue weighted by Gasteiger charge is 2.17. The summed E-state index contributed by atoms with van der Waals surface area (Å²) in [6.45, 7) is 0. The molecule has 0 unspecified atom stereocenters. The largest absolute Gasteiger partial charge is 0.463 e. The van der Waals surface area contributed by atoms with Crippen LogP contribution in [0, 0.1) is 0 Å². The number of aromatic nitrogens is 3. The molecule has 0 radical (unpaired) electrons. The third-order valence-corrected chi connectivity index (χ3v) is 5.46. The Balaban J connectivity index is 1.53. The molecule has 1 amide bonds. The number of carbonyl (C=O) groups is 1. The molecule has 2 aromatic heterocycles. The first-order chi connectivity index (χ1) is 14.7. The lowest BCUT2D eigenvalue weighted by Crippen LogP contribution is -2.19. The Morgan fingerprint density at radius 1 is 1.10 bits per heavy atom. The number of benzene rings is 2. The van der Waals surface area contributed by atoms with Gasteiger partial charge in [0.1, 0.15) is 5.76 Å². The average molecular weight is 482 g/mol. The van der Waals surface area contributed by atoms with Crippen molar-refractivity contribution in [2.75, 3.05) is 5.75 Å². The van der Waals surface area contributed by atoms with Crippen LogP contribution in [0.4, 0.5) is 0 Å². The van der Waals surface area contributed by atoms with Crippen LogP contribution in [0.5, 0.6) is 0 Å². The molecule has 0 bridgehead atoms. The minimum atomic E-state index is -0.254. The van der Waals surface area contributed by atoms with Gasteiger partial charge in [-0.25, -0.2) is 5.43 Å². The van der Waals surface area contributed by atoms with Gasteiger partial charge < -0.3 is 4.42 Å². The quantitative estimate of drug-likeness (QED) is 0.238. The molecule has 4 aromatic rings. The number of halogens is 1. The highest BCUT2D eigenvalue weighted by molar-refractivity contribution is 9.10. The summed E-state index contributed by atoms with van der Waals surface area (Å²) in [6, 6.07) is 21.1. The fourth-order valence-electron chi connectivity index (χ4n) is 2.65. The average Bonchev–Trinajstić information content (AvgIpc) is 3.43. The number of nitrogens with one attached hydrogen (secondary N) is 1. The van der Waals surface area contributed by atoms with E-state index in [9.17, 15) is 4.79 Å². The van der Waals surface area contributed by atoms with E-state index in [1.165, 1.54) is 18.0 Å². The molecule has 0 fully saturated rings. The van der Waals surface area contributed by atoms with E-state index in [2.05, 4.69) is 36.7 Å². The van der Waals surface area contributed by atoms with E-state index in [0.29, 0.717) is 16.7 Å². The molecule has 0 saturated heterocycles. The lowest BCUT2D eigenvalue weighted by atomic mass is 10.2. The Kier molecular flexibility index (Phi) is 6.41. The number of furan rings is 1. The van der Waals surface area contributed by atoms with Crippen LogP contribution in [-0.2, 0) is 4.79 Å². The van der Waals surface area contributed by atoms with Crippen molar-refractivity contribution in [3.63, 3.8) is 0 Å². The van der Waals surface area contributed by atoms with Crippen LogP contribution in [0.15, 0.2) is 92.1 Å². The minimum Gasteiger partial charge on any atom is -0.463 e. The molecule has 0 spiro atoms. The van der Waals surface area contributed by atoms with Gasteiger partial charge in [0.15, 0.2) is 11.0 Å². The molecule has 9 heteroatoms. The Bertz CT molecular complexity index is 1140. The van der Waals surface area contributed by atoms with Crippen molar-refractivity contribution < 1.29 is 9.21 Å². The molecule has 0 aliphatic rings. The van der Waals surface area contributed by atoms with Gasteiger partial charge in [-0.2, -0.15) is 5.10 Å². The number of para-hydroxylation sites is 1. The van der Waals surface area contributed by atoms with Crippen molar-refractivity contribution >= 4 is 39.8 Å². The van der Waals surface area contributed by atoms with E-state index in [-0.39, 0.29) is 11.7 Å². The van der Waals surface area contributed by atoms with Gasteiger partial charge in [-0.05, 0) is 36.4 Å². The molecular formula is C21H16BrN5O2S. The van der Waals surface area contributed by atoms with Crippen LogP contribution in [0.3, 0.4) is 0 Å². The lowest BCUT2D eigenvalue weighted by molar-refractivity contribution is -0.118. The number of nitrogens with zero attached hydrogens (tertiary/aromatic N) is 4. The summed E-state index contributed by atoms with van der Waals surface area (Å²) in [4.78, 5) is 12.2. The zero-order valence-corrected chi connectivity index (χ0v) is 18.0. The highest BCUT2D eigenvalue weighted by atomic mass is 79.9. The Morgan fingerprint density at radius 2 is 1.90 bits per heavy atom. The van der Waals surface area contributed by atoms with Gasteiger partial charge in [-0.15, -0.1) is 10.2 Å². The van der Waals surface area contributed by atoms with Gasteiger partial charge in [0.25, 0.3) is 5.91 Å². The fraction of sp³-hybridized carbons (Fsp3) is 0.0476. The molecular weight excluding hydrogens is 466 g/mol. The number of hydrazone groups is 1. The van der Waals surface area contributed by atoms with Crippen molar-refractivity contribution in [1.82, 2.24) is 20.2 Å². The summed E-state index contributed by atoms with van der Waals surface area (Å²) in [6.07, 6.45) is 2.99. The molecule has 1 N–H and O–H groups in total. The maximum Gasteiger partial charge on any atom is 0.250 e. The third kappa shape index (κ3) is 4.87. The maximum absolute atomic E-state index is 12.2. The predicted octanol–water partition coefficient (Wildman–Crippen LogP) is 4.53. The molecule has 4 rings (SSSR count). The van der Waals surface area contributed by atoms with Gasteiger partial charge in [-0.1, -0.05) is 58.0 Å². The van der Waals surface area contributed by atoms with Crippen LogP contribution in [0.2, 0.25) is 0 Å². The topological polar surface area (TPSA) is 85.3 Å². The summed E-state index contributed by atoms with van der Waals surface area (Å²) >= 11 is 4.74. The van der Waals surface area contributed by atoms with E-state index in [4.69, 9.17) is 4.42 Å². The molecule has 0 aliphatic heterocycles. The second-order valence-electron chi connectivity index (χ2n) is 6.08. The number of carbonyl (C=O) groups excluding carboxylic acids is 1. The number of hydrogen-bond donors (Lipinski definition) is 1. The number of amides is 1. The first-order valence-corrected chi connectivity index (χ1v) is 10.7. The van der Waals surface area contributed by atoms with Crippen LogP contribution in [0.25, 0.3) is 17.1 Å². The Morgan fingerprint density at radius 3 is 2.63 bits per heavy atom. The van der Waals surface area contributed by atoms with Crippen molar-refractivity contribution in [1.29, 1.82) is 0 Å². The Labute approximate surface area is 185 Å². The van der Waals surface area contributed by atoms with E-state index in [1.807, 2.05) is 59.2 Å². The lowest BCUT2D eigenvalue weighted by Gasteiger charge is -2.10. The van der Waals surface area contributed by atoms with Gasteiger partial charge in [0.05, 0.1) is 18.2 Å². The monoisotopic (exact) mass is 481 g/mol. The fourth-order valence-corrected chi connectivity index (χ4v) is 3.66. The van der Waals surface area contributed by atoms with Crippen molar-refractivity contribution in [3.8, 4) is 17.1 Å². The molecule has 150 valence electrons. The molecule has 2 heterocycles. The summed E-state index contributed by atoms with van der Waals surface area (Å²) in [7, 11) is 0. The molecule has 30 heavy (non-hydrogen) atoms. The van der Waals surface area contributed by atoms with E-state index >= 15 is 0 Å². The van der Waals surface area contributed by atoms with Crippen LogP contribution in [-0.4, -0.2) is 32.6 Å². The summed E-state index contributed by atoms with van der Waals surface area (Å²) in [5.41, 5.74) is 4.32. The first kappa shape index (κ1) is 20.1. The van der Waals surface area contributed by atoms with Crippen molar-refractivity contribution in [2.24, 2.45) is 5.10 Å². The zero-order valence-electron chi connectivity index (χ0n) is 15.6. The summed E-state index contributed by atoms with van der Waals surface area (Å²) < 4.78 is 8.05. The van der Waals surface area contributed by atoms with Crippen LogP contribution >= 0.6 is 27.7 Å². The first-order valence-electron chi connectivity index (χ1n) is 8.96. The summed E-state index contributed by atoms with van der Waals surface area (Å²) in [5.74, 6) is 1.15. The molecule has 0 saturated carbocycles. The van der Waals surface area contributed by atoms with E-state index < -0.39 is 0 Å². The van der Waals surface area contributed by atoms with Crippen molar-refractivity contribution in [2.45, 2.75) is 5.16 Å². The van der Waals surface area contributed by atoms with Gasteiger partial charge >= 0.3 is 0 Å². The molecule has 0 atom stereocenters. The van der Waals surface area contributed by atoms with Gasteiger partial charge in [0, 0.05) is 15.7 Å². The minimum absolute atomic E-state index is 0.140. The van der Waals surface area contributed by atoms with Gasteiger partial charge in [-0.3, -0.25) is 9.36 Å². The number of hydrogen-bond acceptors (Lipinski definition) is 6. The smallest absolute Gasteiger partial charge is 0.250 e. The highest BCUT2D eigenvalue weighted by Crippen LogP contribution is 2.28. The normalized spacial score (nSPS) is 11.1. The molecule has 7 nitrogen and oxygen atoms in total. The second kappa shape index (κ2) is 9.55. The SMILES string of the molecule is O=C(CSc1nnc(-c2ccc(Br)cc2)n1-c1ccccc1)N/N=C\c1ccco1. The second-order valence-corrected chi connectivity index (χ2v) is 7.94. The number of rotatable bonds is 7. The van der Waals surface area contributed by atoms with Crippen molar-refractivity contribution in [3.05, 3.63) is 83.2 Å². The van der Waals surface area contributed by atoms with E-state index in [1.54, 1.807) is 18.4 Å². The summed E-state index contributed by atoms with van der Waals surface area (Å²) in [5, 5.41) is 13.2. The standard InChI is InChI=1S/C21H16BrN5O2S/c22-16-10-8-15(9-11-16)20-25-26-21(27(20)17-5-2-1-3-6-17)30-14-19(28)24-23-13-18-7-4-12-29-18/h1-13H,14H2,(H,24,28)/b23-13-. The third-order valence-electron chi connectivity index (χ3n) is 4.01.